The van der Waals surface area contributed by atoms with E-state index in [1.165, 1.54) is 21.9 Å². The third-order valence-electron chi connectivity index (χ3n) is 7.27. The number of carboxylic acid groups (broad SMARTS) is 1. The van der Waals surface area contributed by atoms with Crippen LogP contribution < -0.4 is 0 Å². The normalized spacial score (nSPS) is 27.8. The van der Waals surface area contributed by atoms with E-state index < -0.39 is 11.4 Å². The summed E-state index contributed by atoms with van der Waals surface area (Å²) in [7, 11) is 0. The lowest BCUT2D eigenvalue weighted by Gasteiger charge is -2.49. The molecule has 0 spiro atoms. The molecule has 2 heteroatoms. The maximum Gasteiger partial charge on any atom is 0.309 e. The maximum absolute atomic E-state index is 12.2. The predicted octanol–water partition coefficient (Wildman–Crippen LogP) is 6.98. The van der Waals surface area contributed by atoms with Gasteiger partial charge in [0.15, 0.2) is 0 Å². The van der Waals surface area contributed by atoms with Crippen molar-refractivity contribution in [2.45, 2.75) is 65.7 Å². The second kappa shape index (κ2) is 7.73. The van der Waals surface area contributed by atoms with Gasteiger partial charge < -0.3 is 5.11 Å². The molecule has 1 aliphatic carbocycles. The molecule has 0 heterocycles. The zero-order valence-electron chi connectivity index (χ0n) is 17.8. The minimum Gasteiger partial charge on any atom is -0.481 e. The number of allylic oxidation sites excluding steroid dienone is 1. The van der Waals surface area contributed by atoms with Crippen molar-refractivity contribution >= 4 is 16.7 Å². The zero-order valence-corrected chi connectivity index (χ0v) is 17.8. The largest absolute Gasteiger partial charge is 0.481 e. The van der Waals surface area contributed by atoms with Crippen LogP contribution in [-0.4, -0.2) is 11.1 Å². The van der Waals surface area contributed by atoms with Gasteiger partial charge in [-0.3, -0.25) is 4.79 Å². The average molecular weight is 379 g/mol. The molecule has 0 aliphatic heterocycles. The van der Waals surface area contributed by atoms with E-state index in [-0.39, 0.29) is 11.3 Å². The Morgan fingerprint density at radius 1 is 1.25 bits per heavy atom. The Morgan fingerprint density at radius 2 is 1.96 bits per heavy atom. The van der Waals surface area contributed by atoms with E-state index in [1.54, 1.807) is 0 Å². The highest BCUT2D eigenvalue weighted by Crippen LogP contribution is 2.54. The minimum absolute atomic E-state index is 0.0882. The topological polar surface area (TPSA) is 37.3 Å². The predicted molar refractivity (Wildman–Crippen MR) is 118 cm³/mol. The Kier molecular flexibility index (Phi) is 5.70. The first-order valence-electron chi connectivity index (χ1n) is 10.6. The Bertz CT molecular complexity index is 881. The molecule has 0 saturated heterocycles. The number of hydrogen-bond donors (Lipinski definition) is 1. The SMILES string of the molecule is C=CC1(C)CCCC(C)(C(=O)O)C1CCc1cc(C(C)C)cc2ccccc12. The molecule has 0 amide bonds. The van der Waals surface area contributed by atoms with Crippen molar-refractivity contribution in [3.05, 3.63) is 60.2 Å². The molecule has 150 valence electrons. The highest BCUT2D eigenvalue weighted by atomic mass is 16.4. The quantitative estimate of drug-likeness (QED) is 0.551. The second-order valence-electron chi connectivity index (χ2n) is 9.43. The number of aryl methyl sites for hydroxylation is 1. The van der Waals surface area contributed by atoms with Gasteiger partial charge in [0.1, 0.15) is 0 Å². The van der Waals surface area contributed by atoms with Gasteiger partial charge in [0.25, 0.3) is 0 Å². The highest BCUT2D eigenvalue weighted by molar-refractivity contribution is 5.86. The van der Waals surface area contributed by atoms with Crippen molar-refractivity contribution in [3.63, 3.8) is 0 Å². The van der Waals surface area contributed by atoms with Gasteiger partial charge in [0.05, 0.1) is 5.41 Å². The van der Waals surface area contributed by atoms with Gasteiger partial charge in [-0.05, 0) is 71.8 Å². The molecule has 1 N–H and O–H groups in total. The van der Waals surface area contributed by atoms with Crippen molar-refractivity contribution in [2.24, 2.45) is 16.7 Å². The lowest BCUT2D eigenvalue weighted by atomic mass is 9.54. The van der Waals surface area contributed by atoms with Crippen LogP contribution in [0.5, 0.6) is 0 Å². The molecule has 3 unspecified atom stereocenters. The fraction of sp³-hybridized carbons (Fsp3) is 0.500. The number of aliphatic carboxylic acids is 1. The van der Waals surface area contributed by atoms with Crippen molar-refractivity contribution in [3.8, 4) is 0 Å². The van der Waals surface area contributed by atoms with Crippen molar-refractivity contribution < 1.29 is 9.90 Å². The first-order chi connectivity index (χ1) is 13.2. The number of benzene rings is 2. The summed E-state index contributed by atoms with van der Waals surface area (Å²) in [4.78, 5) is 12.2. The minimum atomic E-state index is -0.688. The smallest absolute Gasteiger partial charge is 0.309 e. The van der Waals surface area contributed by atoms with E-state index in [4.69, 9.17) is 0 Å². The van der Waals surface area contributed by atoms with Crippen molar-refractivity contribution in [2.75, 3.05) is 0 Å². The van der Waals surface area contributed by atoms with Crippen LogP contribution in [-0.2, 0) is 11.2 Å². The van der Waals surface area contributed by atoms with Crippen molar-refractivity contribution in [1.82, 2.24) is 0 Å². The monoisotopic (exact) mass is 378 g/mol. The van der Waals surface area contributed by atoms with E-state index >= 15 is 0 Å². The van der Waals surface area contributed by atoms with Gasteiger partial charge >= 0.3 is 5.97 Å². The van der Waals surface area contributed by atoms with Gasteiger partial charge in [0, 0.05) is 0 Å². The summed E-state index contributed by atoms with van der Waals surface area (Å²) in [6, 6.07) is 13.2. The van der Waals surface area contributed by atoms with Gasteiger partial charge in [-0.2, -0.15) is 0 Å². The maximum atomic E-state index is 12.2. The molecule has 1 aliphatic rings. The Balaban J connectivity index is 1.99. The molecule has 1 fully saturated rings. The second-order valence-corrected chi connectivity index (χ2v) is 9.43. The van der Waals surface area contributed by atoms with Crippen molar-refractivity contribution in [1.29, 1.82) is 0 Å². The summed E-state index contributed by atoms with van der Waals surface area (Å²) in [5.74, 6) is -0.1000. The molecular formula is C26H34O2. The summed E-state index contributed by atoms with van der Waals surface area (Å²) < 4.78 is 0. The van der Waals surface area contributed by atoms with Gasteiger partial charge in [-0.15, -0.1) is 6.58 Å². The van der Waals surface area contributed by atoms with Crippen LogP contribution in [0.3, 0.4) is 0 Å². The number of rotatable bonds is 6. The molecule has 2 aromatic rings. The third kappa shape index (κ3) is 3.62. The lowest BCUT2D eigenvalue weighted by Crippen LogP contribution is -2.47. The Hall–Kier alpha value is -2.09. The molecule has 3 rings (SSSR count). The molecular weight excluding hydrogens is 344 g/mol. The fourth-order valence-electron chi connectivity index (χ4n) is 5.32. The molecule has 2 nitrogen and oxygen atoms in total. The molecule has 0 bridgehead atoms. The van der Waals surface area contributed by atoms with Crippen LogP contribution in [0.25, 0.3) is 10.8 Å². The van der Waals surface area contributed by atoms with E-state index in [2.05, 4.69) is 63.7 Å². The molecule has 0 radical (unpaired) electrons. The van der Waals surface area contributed by atoms with Crippen LogP contribution in [0, 0.1) is 16.7 Å². The van der Waals surface area contributed by atoms with Gasteiger partial charge in [-0.25, -0.2) is 0 Å². The summed E-state index contributed by atoms with van der Waals surface area (Å²) in [5.41, 5.74) is 1.88. The average Bonchev–Trinajstić information content (AvgIpc) is 2.67. The summed E-state index contributed by atoms with van der Waals surface area (Å²) in [5, 5.41) is 12.6. The zero-order chi connectivity index (χ0) is 20.5. The van der Waals surface area contributed by atoms with Crippen LogP contribution in [0.1, 0.15) is 70.4 Å². The van der Waals surface area contributed by atoms with E-state index in [0.29, 0.717) is 5.92 Å². The first-order valence-corrected chi connectivity index (χ1v) is 10.6. The van der Waals surface area contributed by atoms with Crippen LogP contribution in [0.4, 0.5) is 0 Å². The van der Waals surface area contributed by atoms with Gasteiger partial charge in [0.2, 0.25) is 0 Å². The molecule has 3 atom stereocenters. The summed E-state index contributed by atoms with van der Waals surface area (Å²) >= 11 is 0. The van der Waals surface area contributed by atoms with Gasteiger partial charge in [-0.1, -0.05) is 69.7 Å². The number of carboxylic acids is 1. The van der Waals surface area contributed by atoms with Crippen LogP contribution in [0.15, 0.2) is 49.1 Å². The van der Waals surface area contributed by atoms with E-state index in [9.17, 15) is 9.90 Å². The molecule has 28 heavy (non-hydrogen) atoms. The number of hydrogen-bond acceptors (Lipinski definition) is 1. The van der Waals surface area contributed by atoms with Crippen LogP contribution >= 0.6 is 0 Å². The molecule has 2 aromatic carbocycles. The van der Waals surface area contributed by atoms with E-state index in [1.807, 2.05) is 13.0 Å². The van der Waals surface area contributed by atoms with Crippen LogP contribution in [0.2, 0.25) is 0 Å². The molecule has 1 saturated carbocycles. The third-order valence-corrected chi connectivity index (χ3v) is 7.27. The number of carbonyl (C=O) groups is 1. The Morgan fingerprint density at radius 3 is 2.61 bits per heavy atom. The Labute approximate surface area is 169 Å². The van der Waals surface area contributed by atoms with E-state index in [0.717, 1.165) is 32.1 Å². The molecule has 0 aromatic heterocycles. The first kappa shape index (κ1) is 20.6. The summed E-state index contributed by atoms with van der Waals surface area (Å²) in [6.45, 7) is 12.7. The standard InChI is InChI=1S/C26H34O2/c1-6-25(4)14-9-15-26(5,24(27)28)23(25)13-12-20-17-21(18(2)3)16-19-10-7-8-11-22(19)20/h6-8,10-11,16-18,23H,1,9,12-15H2,2-5H3,(H,27,28). The fourth-order valence-corrected chi connectivity index (χ4v) is 5.32. The summed E-state index contributed by atoms with van der Waals surface area (Å²) in [6.07, 6.45) is 6.52. The number of fused-ring (bicyclic) bond motifs is 1. The lowest BCUT2D eigenvalue weighted by molar-refractivity contribution is -0.158. The highest BCUT2D eigenvalue weighted by Gasteiger charge is 2.51.